The van der Waals surface area contributed by atoms with Crippen molar-refractivity contribution < 1.29 is 19.0 Å². The van der Waals surface area contributed by atoms with E-state index in [1.807, 2.05) is 30.3 Å². The third-order valence-corrected chi connectivity index (χ3v) is 5.22. The maximum atomic E-state index is 12.6. The Bertz CT molecular complexity index is 803. The first-order valence-corrected chi connectivity index (χ1v) is 10.2. The number of hydrogen-bond donors (Lipinski definition) is 1. The highest BCUT2D eigenvalue weighted by atomic mass is 16.6. The monoisotopic (exact) mass is 398 g/mol. The molecule has 0 bridgehead atoms. The van der Waals surface area contributed by atoms with Gasteiger partial charge in [0.15, 0.2) is 11.5 Å². The number of benzene rings is 2. The van der Waals surface area contributed by atoms with Gasteiger partial charge in [-0.1, -0.05) is 32.0 Å². The van der Waals surface area contributed by atoms with Crippen molar-refractivity contribution in [3.8, 4) is 17.2 Å². The SMILES string of the molecule is CCN(CC)C(CNC(=O)Cc1ccc2c(c1)OCCO2)c1ccc(OC)cc1. The fourth-order valence-corrected chi connectivity index (χ4v) is 3.60. The molecule has 0 saturated heterocycles. The van der Waals surface area contributed by atoms with Crippen LogP contribution in [0.25, 0.3) is 0 Å². The zero-order chi connectivity index (χ0) is 20.6. The summed E-state index contributed by atoms with van der Waals surface area (Å²) >= 11 is 0. The lowest BCUT2D eigenvalue weighted by Crippen LogP contribution is -2.38. The predicted molar refractivity (Wildman–Crippen MR) is 113 cm³/mol. The second-order valence-corrected chi connectivity index (χ2v) is 6.97. The summed E-state index contributed by atoms with van der Waals surface area (Å²) in [6, 6.07) is 13.8. The molecule has 6 nitrogen and oxygen atoms in total. The van der Waals surface area contributed by atoms with Gasteiger partial charge in [0.1, 0.15) is 19.0 Å². The Morgan fingerprint density at radius 3 is 2.41 bits per heavy atom. The predicted octanol–water partition coefficient (Wildman–Crippen LogP) is 3.21. The lowest BCUT2D eigenvalue weighted by molar-refractivity contribution is -0.120. The number of methoxy groups -OCH3 is 1. The molecule has 3 rings (SSSR count). The van der Waals surface area contributed by atoms with E-state index in [4.69, 9.17) is 14.2 Å². The minimum Gasteiger partial charge on any atom is -0.497 e. The van der Waals surface area contributed by atoms with E-state index in [9.17, 15) is 4.79 Å². The van der Waals surface area contributed by atoms with Gasteiger partial charge < -0.3 is 19.5 Å². The number of rotatable bonds is 9. The third-order valence-electron chi connectivity index (χ3n) is 5.22. The van der Waals surface area contributed by atoms with Crippen molar-refractivity contribution >= 4 is 5.91 Å². The molecule has 1 heterocycles. The molecule has 29 heavy (non-hydrogen) atoms. The van der Waals surface area contributed by atoms with Gasteiger partial charge in [-0.3, -0.25) is 9.69 Å². The standard InChI is InChI=1S/C23H30N2O4/c1-4-25(5-2)20(18-7-9-19(27-3)10-8-18)16-24-23(26)15-17-6-11-21-22(14-17)29-13-12-28-21/h6-11,14,20H,4-5,12-13,15-16H2,1-3H3,(H,24,26). The van der Waals surface area contributed by atoms with Crippen LogP contribution in [0.15, 0.2) is 42.5 Å². The summed E-state index contributed by atoms with van der Waals surface area (Å²) in [5.74, 6) is 2.27. The molecule has 1 aliphatic heterocycles. The van der Waals surface area contributed by atoms with E-state index >= 15 is 0 Å². The highest BCUT2D eigenvalue weighted by Crippen LogP contribution is 2.31. The molecule has 156 valence electrons. The largest absolute Gasteiger partial charge is 0.497 e. The van der Waals surface area contributed by atoms with Crippen molar-refractivity contribution in [2.24, 2.45) is 0 Å². The van der Waals surface area contributed by atoms with Crippen molar-refractivity contribution in [2.75, 3.05) is 40.0 Å². The van der Waals surface area contributed by atoms with E-state index < -0.39 is 0 Å². The van der Waals surface area contributed by atoms with E-state index in [-0.39, 0.29) is 11.9 Å². The van der Waals surface area contributed by atoms with Gasteiger partial charge in [0, 0.05) is 6.54 Å². The number of nitrogens with one attached hydrogen (secondary N) is 1. The summed E-state index contributed by atoms with van der Waals surface area (Å²) in [7, 11) is 1.66. The summed E-state index contributed by atoms with van der Waals surface area (Å²) < 4.78 is 16.4. The van der Waals surface area contributed by atoms with Crippen LogP contribution in [0.5, 0.6) is 17.2 Å². The van der Waals surface area contributed by atoms with Crippen LogP contribution in [0.4, 0.5) is 0 Å². The van der Waals surface area contributed by atoms with E-state index in [2.05, 4.69) is 36.2 Å². The second-order valence-electron chi connectivity index (χ2n) is 6.97. The molecule has 1 aliphatic rings. The fraction of sp³-hybridized carbons (Fsp3) is 0.435. The van der Waals surface area contributed by atoms with Crippen molar-refractivity contribution in [2.45, 2.75) is 26.3 Å². The van der Waals surface area contributed by atoms with Crippen molar-refractivity contribution in [3.05, 3.63) is 53.6 Å². The molecular formula is C23H30N2O4. The molecule has 2 aromatic carbocycles. The first-order chi connectivity index (χ1) is 14.1. The first-order valence-electron chi connectivity index (χ1n) is 10.2. The molecule has 0 aliphatic carbocycles. The maximum absolute atomic E-state index is 12.6. The summed E-state index contributed by atoms with van der Waals surface area (Å²) in [4.78, 5) is 14.9. The van der Waals surface area contributed by atoms with Gasteiger partial charge in [-0.25, -0.2) is 0 Å². The maximum Gasteiger partial charge on any atom is 0.224 e. The van der Waals surface area contributed by atoms with Gasteiger partial charge in [-0.2, -0.15) is 0 Å². The van der Waals surface area contributed by atoms with Crippen molar-refractivity contribution in [1.29, 1.82) is 0 Å². The molecule has 1 amide bonds. The van der Waals surface area contributed by atoms with Crippen LogP contribution in [-0.2, 0) is 11.2 Å². The van der Waals surface area contributed by atoms with Crippen LogP contribution in [0.1, 0.15) is 31.0 Å². The molecule has 1 atom stereocenters. The second kappa shape index (κ2) is 10.2. The van der Waals surface area contributed by atoms with Gasteiger partial charge in [0.05, 0.1) is 19.6 Å². The average Bonchev–Trinajstić information content (AvgIpc) is 2.76. The van der Waals surface area contributed by atoms with Gasteiger partial charge in [-0.15, -0.1) is 0 Å². The summed E-state index contributed by atoms with van der Waals surface area (Å²) in [5.41, 5.74) is 2.07. The molecular weight excluding hydrogens is 368 g/mol. The highest BCUT2D eigenvalue weighted by Gasteiger charge is 2.19. The van der Waals surface area contributed by atoms with Gasteiger partial charge in [-0.05, 0) is 48.5 Å². The lowest BCUT2D eigenvalue weighted by Gasteiger charge is -2.30. The van der Waals surface area contributed by atoms with Crippen LogP contribution in [0.2, 0.25) is 0 Å². The number of fused-ring (bicyclic) bond motifs is 1. The molecule has 1 unspecified atom stereocenters. The molecule has 2 aromatic rings. The third kappa shape index (κ3) is 5.41. The minimum absolute atomic E-state index is 0.00709. The minimum atomic E-state index is -0.00709. The number of hydrogen-bond acceptors (Lipinski definition) is 5. The number of likely N-dealkylation sites (N-methyl/N-ethyl adjacent to an activating group) is 1. The Morgan fingerprint density at radius 1 is 1.07 bits per heavy atom. The van der Waals surface area contributed by atoms with E-state index in [1.54, 1.807) is 7.11 Å². The molecule has 0 saturated carbocycles. The van der Waals surface area contributed by atoms with Crippen molar-refractivity contribution in [1.82, 2.24) is 10.2 Å². The van der Waals surface area contributed by atoms with Gasteiger partial charge in [0.2, 0.25) is 5.91 Å². The van der Waals surface area contributed by atoms with Crippen LogP contribution in [-0.4, -0.2) is 50.8 Å². The Hall–Kier alpha value is -2.73. The Balaban J connectivity index is 1.64. The Morgan fingerprint density at radius 2 is 1.76 bits per heavy atom. The Labute approximate surface area is 172 Å². The quantitative estimate of drug-likeness (QED) is 0.703. The van der Waals surface area contributed by atoms with E-state index in [0.29, 0.717) is 31.9 Å². The van der Waals surface area contributed by atoms with E-state index in [0.717, 1.165) is 35.7 Å². The number of nitrogens with zero attached hydrogens (tertiary/aromatic N) is 1. The van der Waals surface area contributed by atoms with Crippen molar-refractivity contribution in [3.63, 3.8) is 0 Å². The molecule has 0 radical (unpaired) electrons. The zero-order valence-electron chi connectivity index (χ0n) is 17.4. The molecule has 0 spiro atoms. The van der Waals surface area contributed by atoms with Crippen LogP contribution < -0.4 is 19.5 Å². The number of ether oxygens (including phenoxy) is 3. The number of amides is 1. The van der Waals surface area contributed by atoms with Gasteiger partial charge >= 0.3 is 0 Å². The van der Waals surface area contributed by atoms with Crippen LogP contribution >= 0.6 is 0 Å². The summed E-state index contributed by atoms with van der Waals surface area (Å²) in [5, 5.41) is 3.10. The summed E-state index contributed by atoms with van der Waals surface area (Å²) in [6.07, 6.45) is 0.310. The van der Waals surface area contributed by atoms with Gasteiger partial charge in [0.25, 0.3) is 0 Å². The number of carbonyl (C=O) groups is 1. The zero-order valence-corrected chi connectivity index (χ0v) is 17.4. The van der Waals surface area contributed by atoms with Crippen LogP contribution in [0, 0.1) is 0 Å². The summed E-state index contributed by atoms with van der Waals surface area (Å²) in [6.45, 7) is 7.74. The Kier molecular flexibility index (Phi) is 7.36. The normalized spacial score (nSPS) is 13.8. The lowest BCUT2D eigenvalue weighted by atomic mass is 10.0. The fourth-order valence-electron chi connectivity index (χ4n) is 3.60. The van der Waals surface area contributed by atoms with E-state index in [1.165, 1.54) is 0 Å². The highest BCUT2D eigenvalue weighted by molar-refractivity contribution is 5.78. The first kappa shape index (κ1) is 21.0. The molecule has 0 fully saturated rings. The molecule has 1 N–H and O–H groups in total. The topological polar surface area (TPSA) is 60.0 Å². The smallest absolute Gasteiger partial charge is 0.224 e. The average molecular weight is 399 g/mol. The molecule has 0 aromatic heterocycles. The molecule has 6 heteroatoms. The van der Waals surface area contributed by atoms with Crippen LogP contribution in [0.3, 0.4) is 0 Å². The number of carbonyl (C=O) groups excluding carboxylic acids is 1.